The van der Waals surface area contributed by atoms with Crippen LogP contribution in [0.15, 0.2) is 22.8 Å². The van der Waals surface area contributed by atoms with Crippen LogP contribution >= 0.6 is 22.9 Å². The second-order valence-electron chi connectivity index (χ2n) is 5.94. The molecule has 1 unspecified atom stereocenters. The molecule has 7 nitrogen and oxygen atoms in total. The number of hydrogen-bond donors (Lipinski definition) is 2. The summed E-state index contributed by atoms with van der Waals surface area (Å²) in [5, 5.41) is 11.9. The number of ether oxygens (including phenoxy) is 1. The quantitative estimate of drug-likeness (QED) is 0.617. The van der Waals surface area contributed by atoms with E-state index >= 15 is 0 Å². The van der Waals surface area contributed by atoms with Crippen LogP contribution in [0.2, 0.25) is 5.28 Å². The summed E-state index contributed by atoms with van der Waals surface area (Å²) in [4.78, 5) is 21.4. The zero-order valence-corrected chi connectivity index (χ0v) is 15.9. The SMILES string of the molecule is Cc1c(CC(C)CO)sc2c(OC(=O)NCc3ccco3)nc(Cl)nc12. The van der Waals surface area contributed by atoms with Gasteiger partial charge in [0.15, 0.2) is 0 Å². The zero-order chi connectivity index (χ0) is 18.7. The first-order valence-corrected chi connectivity index (χ1v) is 9.21. The molecule has 26 heavy (non-hydrogen) atoms. The van der Waals surface area contributed by atoms with Crippen LogP contribution in [-0.4, -0.2) is 27.8 Å². The van der Waals surface area contributed by atoms with Crippen molar-refractivity contribution in [2.45, 2.75) is 26.8 Å². The van der Waals surface area contributed by atoms with Crippen molar-refractivity contribution in [1.82, 2.24) is 15.3 Å². The average Bonchev–Trinajstić information content (AvgIpc) is 3.23. The van der Waals surface area contributed by atoms with E-state index in [4.69, 9.17) is 20.8 Å². The molecule has 0 saturated heterocycles. The molecule has 0 aliphatic rings. The van der Waals surface area contributed by atoms with Crippen LogP contribution in [0.5, 0.6) is 5.88 Å². The molecule has 0 aliphatic heterocycles. The van der Waals surface area contributed by atoms with E-state index in [0.29, 0.717) is 22.4 Å². The number of rotatable bonds is 6. The third-order valence-corrected chi connectivity index (χ3v) is 5.29. The Morgan fingerprint density at radius 2 is 2.31 bits per heavy atom. The third-order valence-electron chi connectivity index (χ3n) is 3.83. The Hall–Kier alpha value is -2.16. The number of nitrogens with one attached hydrogen (secondary N) is 1. The number of aliphatic hydroxyl groups excluding tert-OH is 1. The highest BCUT2D eigenvalue weighted by Crippen LogP contribution is 2.37. The predicted octanol–water partition coefficient (Wildman–Crippen LogP) is 3.71. The number of nitrogens with zero attached hydrogens (tertiary/aromatic N) is 2. The molecule has 138 valence electrons. The molecule has 3 rings (SSSR count). The molecule has 3 aromatic rings. The van der Waals surface area contributed by atoms with Crippen molar-refractivity contribution in [3.05, 3.63) is 39.9 Å². The topological polar surface area (TPSA) is 97.5 Å². The van der Waals surface area contributed by atoms with E-state index in [9.17, 15) is 9.90 Å². The first kappa shape index (κ1) is 18.6. The molecule has 9 heteroatoms. The third kappa shape index (κ3) is 4.14. The van der Waals surface area contributed by atoms with Crippen LogP contribution in [0.1, 0.15) is 23.1 Å². The minimum absolute atomic E-state index is 0.00833. The van der Waals surface area contributed by atoms with Crippen molar-refractivity contribution >= 4 is 39.2 Å². The number of aryl methyl sites for hydroxylation is 1. The second kappa shape index (κ2) is 8.03. The van der Waals surface area contributed by atoms with Gasteiger partial charge in [0.1, 0.15) is 10.5 Å². The molecule has 1 amide bonds. The fraction of sp³-hybridized carbons (Fsp3) is 0.353. The lowest BCUT2D eigenvalue weighted by atomic mass is 10.1. The molecule has 0 saturated carbocycles. The number of aliphatic hydroxyl groups is 1. The summed E-state index contributed by atoms with van der Waals surface area (Å²) < 4.78 is 11.1. The lowest BCUT2D eigenvalue weighted by Crippen LogP contribution is -2.26. The maximum Gasteiger partial charge on any atom is 0.414 e. The number of carbonyl (C=O) groups is 1. The summed E-state index contributed by atoms with van der Waals surface area (Å²) >= 11 is 7.44. The van der Waals surface area contributed by atoms with Gasteiger partial charge in [0.2, 0.25) is 11.2 Å². The lowest BCUT2D eigenvalue weighted by molar-refractivity contribution is 0.198. The van der Waals surface area contributed by atoms with Gasteiger partial charge in [-0.15, -0.1) is 11.3 Å². The molecule has 1 atom stereocenters. The number of carbonyl (C=O) groups excluding carboxylic acids is 1. The first-order valence-electron chi connectivity index (χ1n) is 8.02. The highest BCUT2D eigenvalue weighted by Gasteiger charge is 2.19. The second-order valence-corrected chi connectivity index (χ2v) is 7.38. The standard InChI is InChI=1S/C17H18ClN3O4S/c1-9(8-22)6-12-10(2)13-14(26-12)15(21-16(18)20-13)25-17(23)19-7-11-4-3-5-24-11/h3-5,9,22H,6-8H2,1-2H3,(H,19,23). The smallest absolute Gasteiger partial charge is 0.414 e. The van der Waals surface area contributed by atoms with Gasteiger partial charge in [-0.25, -0.2) is 9.78 Å². The van der Waals surface area contributed by atoms with Crippen LogP contribution in [0, 0.1) is 12.8 Å². The lowest BCUT2D eigenvalue weighted by Gasteiger charge is -2.05. The zero-order valence-electron chi connectivity index (χ0n) is 14.3. The van der Waals surface area contributed by atoms with Crippen molar-refractivity contribution < 1.29 is 19.1 Å². The Morgan fingerprint density at radius 3 is 3.00 bits per heavy atom. The average molecular weight is 396 g/mol. The van der Waals surface area contributed by atoms with E-state index in [1.165, 1.54) is 17.6 Å². The molecule has 0 bridgehead atoms. The maximum atomic E-state index is 12.1. The number of amides is 1. The monoisotopic (exact) mass is 395 g/mol. The molecule has 0 fully saturated rings. The Morgan fingerprint density at radius 1 is 1.50 bits per heavy atom. The van der Waals surface area contributed by atoms with Crippen molar-refractivity contribution in [3.8, 4) is 5.88 Å². The minimum atomic E-state index is -0.659. The highest BCUT2D eigenvalue weighted by atomic mass is 35.5. The van der Waals surface area contributed by atoms with Gasteiger partial charge in [-0.3, -0.25) is 0 Å². The van der Waals surface area contributed by atoms with Gasteiger partial charge in [-0.2, -0.15) is 4.98 Å². The van der Waals surface area contributed by atoms with E-state index in [1.807, 2.05) is 13.8 Å². The van der Waals surface area contributed by atoms with E-state index in [2.05, 4.69) is 15.3 Å². The molecular formula is C17H18ClN3O4S. The van der Waals surface area contributed by atoms with Gasteiger partial charge >= 0.3 is 6.09 Å². The van der Waals surface area contributed by atoms with E-state index in [-0.39, 0.29) is 30.2 Å². The first-order chi connectivity index (χ1) is 12.5. The number of hydrogen-bond acceptors (Lipinski definition) is 7. The Balaban J connectivity index is 1.82. The van der Waals surface area contributed by atoms with Crippen molar-refractivity contribution in [2.24, 2.45) is 5.92 Å². The highest BCUT2D eigenvalue weighted by molar-refractivity contribution is 7.19. The molecule has 0 aromatic carbocycles. The fourth-order valence-corrected chi connectivity index (χ4v) is 3.92. The number of halogens is 1. The van der Waals surface area contributed by atoms with Crippen LogP contribution in [0.3, 0.4) is 0 Å². The predicted molar refractivity (Wildman–Crippen MR) is 98.7 cm³/mol. The summed E-state index contributed by atoms with van der Waals surface area (Å²) in [6.07, 6.45) is 1.57. The van der Waals surface area contributed by atoms with Crippen molar-refractivity contribution in [3.63, 3.8) is 0 Å². The number of furan rings is 1. The van der Waals surface area contributed by atoms with Crippen molar-refractivity contribution in [1.29, 1.82) is 0 Å². The number of thiophene rings is 1. The summed E-state index contributed by atoms with van der Waals surface area (Å²) in [5.41, 5.74) is 1.61. The number of fused-ring (bicyclic) bond motifs is 1. The summed E-state index contributed by atoms with van der Waals surface area (Å²) in [5.74, 6) is 0.846. The molecule has 0 spiro atoms. The summed E-state index contributed by atoms with van der Waals surface area (Å²) in [6.45, 7) is 4.19. The largest absolute Gasteiger partial charge is 0.467 e. The Labute approximate surface area is 159 Å². The van der Waals surface area contributed by atoms with Gasteiger partial charge in [0.25, 0.3) is 0 Å². The van der Waals surface area contributed by atoms with E-state index < -0.39 is 6.09 Å². The van der Waals surface area contributed by atoms with E-state index in [0.717, 1.165) is 10.4 Å². The Bertz CT molecular complexity index is 911. The minimum Gasteiger partial charge on any atom is -0.467 e. The van der Waals surface area contributed by atoms with Gasteiger partial charge in [0.05, 0.1) is 18.3 Å². The fourth-order valence-electron chi connectivity index (χ4n) is 2.42. The summed E-state index contributed by atoms with van der Waals surface area (Å²) in [6, 6.07) is 3.48. The molecule has 0 radical (unpaired) electrons. The van der Waals surface area contributed by atoms with Crippen molar-refractivity contribution in [2.75, 3.05) is 6.61 Å². The number of aromatic nitrogens is 2. The van der Waals surface area contributed by atoms with Gasteiger partial charge in [0, 0.05) is 11.5 Å². The molecule has 2 N–H and O–H groups in total. The van der Waals surface area contributed by atoms with Gasteiger partial charge < -0.3 is 19.6 Å². The molecular weight excluding hydrogens is 378 g/mol. The van der Waals surface area contributed by atoms with Gasteiger partial charge in [-0.1, -0.05) is 6.92 Å². The van der Waals surface area contributed by atoms with Crippen LogP contribution < -0.4 is 10.1 Å². The Kier molecular flexibility index (Phi) is 5.75. The molecule has 3 aromatic heterocycles. The van der Waals surface area contributed by atoms with Crippen LogP contribution in [0.4, 0.5) is 4.79 Å². The van der Waals surface area contributed by atoms with Gasteiger partial charge in [-0.05, 0) is 48.6 Å². The normalized spacial score (nSPS) is 12.3. The molecule has 0 aliphatic carbocycles. The molecule has 3 heterocycles. The van der Waals surface area contributed by atoms with Crippen LogP contribution in [-0.2, 0) is 13.0 Å². The van der Waals surface area contributed by atoms with Crippen LogP contribution in [0.25, 0.3) is 10.2 Å². The van der Waals surface area contributed by atoms with E-state index in [1.54, 1.807) is 12.1 Å². The maximum absolute atomic E-state index is 12.1. The summed E-state index contributed by atoms with van der Waals surface area (Å²) in [7, 11) is 0.